The van der Waals surface area contributed by atoms with Crippen LogP contribution in [-0.2, 0) is 0 Å². The molecule has 3 aromatic heterocycles. The van der Waals surface area contributed by atoms with Gasteiger partial charge in [0.1, 0.15) is 45.5 Å². The number of benzene rings is 7. The van der Waals surface area contributed by atoms with E-state index in [2.05, 4.69) is 89.5 Å². The van der Waals surface area contributed by atoms with Crippen LogP contribution in [0, 0.1) is 0 Å². The van der Waals surface area contributed by atoms with Crippen LogP contribution in [0.5, 0.6) is 0 Å². The van der Waals surface area contributed by atoms with E-state index in [1.54, 1.807) is 0 Å². The normalized spacial score (nSPS) is 12.9. The average Bonchev–Trinajstić information content (AvgIpc) is 3.87. The molecule has 0 bridgehead atoms. The van der Waals surface area contributed by atoms with Crippen molar-refractivity contribution in [1.29, 1.82) is 0 Å². The largest absolute Gasteiger partial charge is 0.456 e. The van der Waals surface area contributed by atoms with E-state index in [-0.39, 0.29) is 6.17 Å². The quantitative estimate of drug-likeness (QED) is 0.105. The predicted molar refractivity (Wildman–Crippen MR) is 208 cm³/mol. The molecule has 1 atom stereocenters. The maximum atomic E-state index is 6.79. The Hall–Kier alpha value is -6.63. The molecule has 6 heteroatoms. The second-order valence-corrected chi connectivity index (χ2v) is 12.8. The molecule has 10 rings (SSSR count). The summed E-state index contributed by atoms with van der Waals surface area (Å²) >= 11 is 0. The minimum Gasteiger partial charge on any atom is -0.456 e. The number of aliphatic imine (C=N–C) groups is 1. The number of fused-ring (bicyclic) bond motifs is 9. The van der Waals surface area contributed by atoms with E-state index in [0.29, 0.717) is 5.84 Å². The maximum absolute atomic E-state index is 6.79. The van der Waals surface area contributed by atoms with Crippen LogP contribution in [0.4, 0.5) is 5.69 Å². The fourth-order valence-corrected chi connectivity index (χ4v) is 7.31. The summed E-state index contributed by atoms with van der Waals surface area (Å²) in [6, 6.07) is 51.6. The van der Waals surface area contributed by atoms with Crippen molar-refractivity contribution in [2.24, 2.45) is 4.99 Å². The standard InChI is InChI=1S/C45H31N3O3/c1-46-44(27-11-3-2-4-12-27)48-45(47-36-17-10-20-40-42(36)33-14-6-8-19-38(33)50-40)34-16-9-15-32-31-23-21-29(26-41(31)51-43(32)34)28-22-24-39-35(25-28)30-13-5-7-18-37(30)49-39/h2-26,44,46H,1H3,(H,47,48). The summed E-state index contributed by atoms with van der Waals surface area (Å²) in [4.78, 5) is 5.36. The first kappa shape index (κ1) is 29.3. The number of amidine groups is 1. The molecular formula is C45H31N3O3. The van der Waals surface area contributed by atoms with Crippen LogP contribution in [0.1, 0.15) is 17.3 Å². The van der Waals surface area contributed by atoms with Crippen LogP contribution in [0.15, 0.2) is 170 Å². The highest BCUT2D eigenvalue weighted by Crippen LogP contribution is 2.39. The monoisotopic (exact) mass is 661 g/mol. The summed E-state index contributed by atoms with van der Waals surface area (Å²) in [6.07, 6.45) is -0.217. The SMILES string of the molecule is CNC(NC(=Nc1cccc2oc3ccccc3c12)c1cccc2c1oc1cc(-c3ccc4oc5ccccc5c4c3)ccc12)c1ccccc1. The van der Waals surface area contributed by atoms with Crippen molar-refractivity contribution in [3.63, 3.8) is 0 Å². The minimum absolute atomic E-state index is 0.217. The molecule has 0 aliphatic rings. The fraction of sp³-hybridized carbons (Fsp3) is 0.0444. The molecule has 7 aromatic carbocycles. The molecule has 0 spiro atoms. The summed E-state index contributed by atoms with van der Waals surface area (Å²) in [7, 11) is 1.94. The second kappa shape index (κ2) is 11.8. The van der Waals surface area contributed by atoms with Crippen molar-refractivity contribution in [3.05, 3.63) is 163 Å². The number of para-hydroxylation sites is 3. The molecule has 0 saturated heterocycles. The molecule has 2 N–H and O–H groups in total. The van der Waals surface area contributed by atoms with Crippen LogP contribution in [0.25, 0.3) is 76.9 Å². The molecule has 0 fully saturated rings. The summed E-state index contributed by atoms with van der Waals surface area (Å²) in [6.45, 7) is 0. The van der Waals surface area contributed by atoms with E-state index in [1.165, 1.54) is 0 Å². The third kappa shape index (κ3) is 4.88. The lowest BCUT2D eigenvalue weighted by Gasteiger charge is -2.21. The van der Waals surface area contributed by atoms with Gasteiger partial charge >= 0.3 is 0 Å². The first-order valence-corrected chi connectivity index (χ1v) is 17.1. The van der Waals surface area contributed by atoms with E-state index in [0.717, 1.165) is 93.8 Å². The maximum Gasteiger partial charge on any atom is 0.146 e. The van der Waals surface area contributed by atoms with Gasteiger partial charge in [0.2, 0.25) is 0 Å². The second-order valence-electron chi connectivity index (χ2n) is 12.8. The van der Waals surface area contributed by atoms with Crippen molar-refractivity contribution >= 4 is 77.3 Å². The zero-order valence-electron chi connectivity index (χ0n) is 27.7. The van der Waals surface area contributed by atoms with Gasteiger partial charge in [0, 0.05) is 26.9 Å². The summed E-state index contributed by atoms with van der Waals surface area (Å²) in [5, 5.41) is 13.4. The van der Waals surface area contributed by atoms with Gasteiger partial charge in [-0.05, 0) is 78.3 Å². The Labute approximate surface area is 292 Å². The van der Waals surface area contributed by atoms with Crippen LogP contribution in [0.3, 0.4) is 0 Å². The van der Waals surface area contributed by atoms with E-state index in [9.17, 15) is 0 Å². The van der Waals surface area contributed by atoms with Gasteiger partial charge in [0.05, 0.1) is 16.6 Å². The molecule has 0 aliphatic heterocycles. The van der Waals surface area contributed by atoms with Crippen LogP contribution in [-0.4, -0.2) is 12.9 Å². The van der Waals surface area contributed by atoms with E-state index >= 15 is 0 Å². The Morgan fingerprint density at radius 1 is 0.510 bits per heavy atom. The lowest BCUT2D eigenvalue weighted by molar-refractivity contribution is 0.560. The summed E-state index contributed by atoms with van der Waals surface area (Å²) in [5.41, 5.74) is 9.88. The number of hydrogen-bond donors (Lipinski definition) is 2. The zero-order valence-corrected chi connectivity index (χ0v) is 27.7. The molecule has 6 nitrogen and oxygen atoms in total. The molecular weight excluding hydrogens is 631 g/mol. The molecule has 0 aliphatic carbocycles. The first-order valence-electron chi connectivity index (χ1n) is 17.1. The molecule has 51 heavy (non-hydrogen) atoms. The Kier molecular flexibility index (Phi) is 6.76. The number of rotatable bonds is 6. The van der Waals surface area contributed by atoms with E-state index in [1.807, 2.05) is 79.8 Å². The lowest BCUT2D eigenvalue weighted by Crippen LogP contribution is -2.36. The van der Waals surface area contributed by atoms with E-state index in [4.69, 9.17) is 18.2 Å². The summed E-state index contributed by atoms with van der Waals surface area (Å²) in [5.74, 6) is 0.679. The van der Waals surface area contributed by atoms with Crippen LogP contribution < -0.4 is 10.6 Å². The predicted octanol–water partition coefficient (Wildman–Crippen LogP) is 11.6. The van der Waals surface area contributed by atoms with Gasteiger partial charge in [0.25, 0.3) is 0 Å². The molecule has 244 valence electrons. The van der Waals surface area contributed by atoms with Crippen molar-refractivity contribution in [3.8, 4) is 11.1 Å². The summed E-state index contributed by atoms with van der Waals surface area (Å²) < 4.78 is 19.1. The van der Waals surface area contributed by atoms with Crippen molar-refractivity contribution < 1.29 is 13.3 Å². The third-order valence-electron chi connectivity index (χ3n) is 9.78. The molecule has 3 heterocycles. The van der Waals surface area contributed by atoms with Gasteiger partial charge in [-0.2, -0.15) is 0 Å². The topological polar surface area (TPSA) is 75.8 Å². The van der Waals surface area contributed by atoms with Gasteiger partial charge in [-0.15, -0.1) is 0 Å². The van der Waals surface area contributed by atoms with E-state index < -0.39 is 0 Å². The van der Waals surface area contributed by atoms with Crippen molar-refractivity contribution in [2.45, 2.75) is 6.17 Å². The highest BCUT2D eigenvalue weighted by atomic mass is 16.3. The Morgan fingerprint density at radius 3 is 2.02 bits per heavy atom. The molecule has 0 saturated carbocycles. The fourth-order valence-electron chi connectivity index (χ4n) is 7.31. The smallest absolute Gasteiger partial charge is 0.146 e. The Bertz CT molecular complexity index is 2950. The Balaban J connectivity index is 1.14. The molecule has 10 aromatic rings. The number of nitrogens with zero attached hydrogens (tertiary/aromatic N) is 1. The zero-order chi connectivity index (χ0) is 33.9. The van der Waals surface area contributed by atoms with Gasteiger partial charge in [-0.3, -0.25) is 5.32 Å². The highest BCUT2D eigenvalue weighted by Gasteiger charge is 2.20. The minimum atomic E-state index is -0.217. The van der Waals surface area contributed by atoms with Crippen LogP contribution >= 0.6 is 0 Å². The molecule has 1 unspecified atom stereocenters. The number of hydrogen-bond acceptors (Lipinski definition) is 5. The Morgan fingerprint density at radius 2 is 1.16 bits per heavy atom. The highest BCUT2D eigenvalue weighted by molar-refractivity contribution is 6.17. The number of nitrogens with one attached hydrogen (secondary N) is 2. The molecule has 0 amide bonds. The number of furan rings is 3. The van der Waals surface area contributed by atoms with Crippen LogP contribution in [0.2, 0.25) is 0 Å². The lowest BCUT2D eigenvalue weighted by atomic mass is 10.0. The van der Waals surface area contributed by atoms with Gasteiger partial charge in [0.15, 0.2) is 0 Å². The third-order valence-corrected chi connectivity index (χ3v) is 9.78. The first-order chi connectivity index (χ1) is 25.2. The van der Waals surface area contributed by atoms with Gasteiger partial charge in [-0.1, -0.05) is 97.1 Å². The van der Waals surface area contributed by atoms with Gasteiger partial charge < -0.3 is 18.6 Å². The molecule has 0 radical (unpaired) electrons. The van der Waals surface area contributed by atoms with Crippen molar-refractivity contribution in [1.82, 2.24) is 10.6 Å². The van der Waals surface area contributed by atoms with Gasteiger partial charge in [-0.25, -0.2) is 4.99 Å². The van der Waals surface area contributed by atoms with Crippen molar-refractivity contribution in [2.75, 3.05) is 7.05 Å². The average molecular weight is 662 g/mol.